The van der Waals surface area contributed by atoms with Crippen LogP contribution in [0.25, 0.3) is 0 Å². The minimum absolute atomic E-state index is 0.114. The lowest BCUT2D eigenvalue weighted by atomic mass is 9.82. The number of nitrogens with zero attached hydrogens (tertiary/aromatic N) is 1. The van der Waals surface area contributed by atoms with E-state index in [4.69, 9.17) is 18.9 Å². The van der Waals surface area contributed by atoms with Gasteiger partial charge in [0.1, 0.15) is 29.3 Å². The van der Waals surface area contributed by atoms with Crippen LogP contribution in [0.4, 0.5) is 4.79 Å². The summed E-state index contributed by atoms with van der Waals surface area (Å²) < 4.78 is 22.8. The molecule has 0 spiro atoms. The maximum absolute atomic E-state index is 12.6. The van der Waals surface area contributed by atoms with E-state index in [0.29, 0.717) is 36.6 Å². The number of aliphatic hydroxyl groups excluding tert-OH is 1. The van der Waals surface area contributed by atoms with Gasteiger partial charge in [-0.25, -0.2) is 4.79 Å². The fraction of sp³-hybridized carbons (Fsp3) is 0.667. The Bertz CT molecular complexity index is 847. The second-order valence-electron chi connectivity index (χ2n) is 9.54. The molecule has 0 radical (unpaired) electrons. The van der Waals surface area contributed by atoms with Crippen LogP contribution in [0.1, 0.15) is 57.8 Å². The molecule has 2 heterocycles. The molecule has 0 bridgehead atoms. The van der Waals surface area contributed by atoms with Gasteiger partial charge in [-0.2, -0.15) is 0 Å². The van der Waals surface area contributed by atoms with Gasteiger partial charge in [0.15, 0.2) is 5.78 Å². The lowest BCUT2D eigenvalue weighted by molar-refractivity contribution is -0.146. The minimum Gasteiger partial charge on any atom is -0.496 e. The normalized spacial score (nSPS) is 24.3. The lowest BCUT2D eigenvalue weighted by Crippen LogP contribution is -2.48. The van der Waals surface area contributed by atoms with Crippen molar-refractivity contribution in [2.24, 2.45) is 5.92 Å². The van der Waals surface area contributed by atoms with Crippen LogP contribution < -0.4 is 9.47 Å². The maximum atomic E-state index is 12.6. The van der Waals surface area contributed by atoms with Crippen molar-refractivity contribution in [3.63, 3.8) is 0 Å². The van der Waals surface area contributed by atoms with Gasteiger partial charge >= 0.3 is 6.09 Å². The number of methoxy groups -OCH3 is 2. The van der Waals surface area contributed by atoms with Crippen LogP contribution in [0.2, 0.25) is 0 Å². The number of likely N-dealkylation sites (tertiary alicyclic amines) is 1. The zero-order valence-corrected chi connectivity index (χ0v) is 19.8. The number of amides is 1. The second-order valence-corrected chi connectivity index (χ2v) is 9.54. The zero-order chi connectivity index (χ0) is 23.6. The third kappa shape index (κ3) is 5.18. The van der Waals surface area contributed by atoms with Crippen LogP contribution in [0.15, 0.2) is 12.1 Å². The first-order chi connectivity index (χ1) is 15.1. The van der Waals surface area contributed by atoms with Crippen LogP contribution >= 0.6 is 0 Å². The van der Waals surface area contributed by atoms with Gasteiger partial charge in [0.05, 0.1) is 20.3 Å². The van der Waals surface area contributed by atoms with Gasteiger partial charge < -0.3 is 29.0 Å². The summed E-state index contributed by atoms with van der Waals surface area (Å²) in [5.41, 5.74) is 0.917. The van der Waals surface area contributed by atoms with Gasteiger partial charge in [-0.15, -0.1) is 0 Å². The van der Waals surface area contributed by atoms with E-state index >= 15 is 0 Å². The molecule has 32 heavy (non-hydrogen) atoms. The van der Waals surface area contributed by atoms with E-state index in [0.717, 1.165) is 18.4 Å². The Morgan fingerprint density at radius 2 is 1.84 bits per heavy atom. The van der Waals surface area contributed by atoms with Crippen LogP contribution in [0.5, 0.6) is 11.5 Å². The molecule has 2 aliphatic rings. The number of carbonyl (C=O) groups excluding carboxylic acids is 2. The van der Waals surface area contributed by atoms with Crippen LogP contribution in [0.3, 0.4) is 0 Å². The van der Waals surface area contributed by atoms with Gasteiger partial charge in [0.2, 0.25) is 0 Å². The SMILES string of the molecule is COc1ccc(OC)c2c1CC(C(C)=O)OC2C(O)C1CCCN(C(=O)OC(C)(C)C)C1. The van der Waals surface area contributed by atoms with E-state index in [1.807, 2.05) is 20.8 Å². The number of fused-ring (bicyclic) bond motifs is 1. The van der Waals surface area contributed by atoms with Gasteiger partial charge in [0.25, 0.3) is 0 Å². The molecule has 4 atom stereocenters. The average Bonchev–Trinajstić information content (AvgIpc) is 2.75. The summed E-state index contributed by atoms with van der Waals surface area (Å²) in [6.45, 7) is 7.90. The summed E-state index contributed by atoms with van der Waals surface area (Å²) in [7, 11) is 3.14. The molecular weight excluding hydrogens is 414 g/mol. The number of Topliss-reactive ketones (excluding diaryl/α,β-unsaturated/α-hetero) is 1. The highest BCUT2D eigenvalue weighted by Crippen LogP contribution is 2.45. The molecule has 1 amide bonds. The number of rotatable bonds is 5. The number of benzene rings is 1. The lowest BCUT2D eigenvalue weighted by Gasteiger charge is -2.41. The van der Waals surface area contributed by atoms with Gasteiger partial charge in [-0.1, -0.05) is 0 Å². The molecule has 0 aliphatic carbocycles. The Morgan fingerprint density at radius 3 is 2.44 bits per heavy atom. The Hall–Kier alpha value is -2.32. The summed E-state index contributed by atoms with van der Waals surface area (Å²) in [5, 5.41) is 11.4. The summed E-state index contributed by atoms with van der Waals surface area (Å²) in [5.74, 6) is 0.853. The van der Waals surface area contributed by atoms with E-state index in [2.05, 4.69) is 0 Å². The topological polar surface area (TPSA) is 94.5 Å². The smallest absolute Gasteiger partial charge is 0.410 e. The third-order valence-corrected chi connectivity index (χ3v) is 6.05. The van der Waals surface area contributed by atoms with Gasteiger partial charge in [-0.05, 0) is 52.7 Å². The average molecular weight is 450 g/mol. The van der Waals surface area contributed by atoms with E-state index < -0.39 is 23.9 Å². The molecule has 1 saturated heterocycles. The number of ether oxygens (including phenoxy) is 4. The van der Waals surface area contributed by atoms with Crippen molar-refractivity contribution < 1.29 is 33.6 Å². The van der Waals surface area contributed by atoms with E-state index in [9.17, 15) is 14.7 Å². The summed E-state index contributed by atoms with van der Waals surface area (Å²) in [6.07, 6.45) is -0.973. The van der Waals surface area contributed by atoms with Gasteiger partial charge in [-0.3, -0.25) is 4.79 Å². The predicted octanol–water partition coefficient (Wildman–Crippen LogP) is 3.28. The highest BCUT2D eigenvalue weighted by atomic mass is 16.6. The predicted molar refractivity (Wildman–Crippen MR) is 118 cm³/mol. The van der Waals surface area contributed by atoms with E-state index in [1.54, 1.807) is 31.3 Å². The Balaban J connectivity index is 1.91. The van der Waals surface area contributed by atoms with E-state index in [-0.39, 0.29) is 17.8 Å². The summed E-state index contributed by atoms with van der Waals surface area (Å²) in [6, 6.07) is 3.58. The number of piperidine rings is 1. The second kappa shape index (κ2) is 9.67. The number of aliphatic hydroxyl groups is 1. The molecular formula is C24H35NO7. The Morgan fingerprint density at radius 1 is 1.19 bits per heavy atom. The third-order valence-electron chi connectivity index (χ3n) is 6.05. The zero-order valence-electron chi connectivity index (χ0n) is 19.8. The first-order valence-electron chi connectivity index (χ1n) is 11.1. The highest BCUT2D eigenvalue weighted by molar-refractivity contribution is 5.81. The molecule has 3 rings (SSSR count). The maximum Gasteiger partial charge on any atom is 0.410 e. The largest absolute Gasteiger partial charge is 0.496 e. The monoisotopic (exact) mass is 449 g/mol. The van der Waals surface area contributed by atoms with Crippen LogP contribution in [-0.2, 0) is 20.7 Å². The molecule has 4 unspecified atom stereocenters. The molecule has 1 fully saturated rings. The molecule has 0 saturated carbocycles. The van der Waals surface area contributed by atoms with Crippen LogP contribution in [-0.4, -0.2) is 67.0 Å². The van der Waals surface area contributed by atoms with Crippen molar-refractivity contribution in [3.8, 4) is 11.5 Å². The molecule has 8 nitrogen and oxygen atoms in total. The molecule has 1 N–H and O–H groups in total. The number of carbonyl (C=O) groups is 2. The van der Waals surface area contributed by atoms with Crippen LogP contribution in [0, 0.1) is 5.92 Å². The fourth-order valence-electron chi connectivity index (χ4n) is 4.51. The fourth-order valence-corrected chi connectivity index (χ4v) is 4.51. The Labute approximate surface area is 189 Å². The number of hydrogen-bond acceptors (Lipinski definition) is 7. The first kappa shape index (κ1) is 24.3. The molecule has 1 aromatic carbocycles. The molecule has 1 aromatic rings. The van der Waals surface area contributed by atoms with Crippen molar-refractivity contribution in [1.82, 2.24) is 4.90 Å². The number of ketones is 1. The quantitative estimate of drug-likeness (QED) is 0.737. The Kier molecular flexibility index (Phi) is 7.35. The summed E-state index contributed by atoms with van der Waals surface area (Å²) >= 11 is 0. The van der Waals surface area contributed by atoms with Crippen molar-refractivity contribution in [2.75, 3.05) is 27.3 Å². The standard InChI is InChI=1S/C24H35NO7/c1-14(26)19-12-16-17(29-5)9-10-18(30-6)20(16)22(31-19)21(27)15-8-7-11-25(13-15)23(28)32-24(2,3)4/h9-10,15,19,21-22,27H,7-8,11-13H2,1-6H3. The van der Waals surface area contributed by atoms with Crippen molar-refractivity contribution in [2.45, 2.75) is 70.9 Å². The van der Waals surface area contributed by atoms with Crippen molar-refractivity contribution in [1.29, 1.82) is 0 Å². The minimum atomic E-state index is -0.942. The molecule has 2 aliphatic heterocycles. The molecule has 8 heteroatoms. The van der Waals surface area contributed by atoms with E-state index in [1.165, 1.54) is 6.92 Å². The number of hydrogen-bond donors (Lipinski definition) is 1. The summed E-state index contributed by atoms with van der Waals surface area (Å²) in [4.78, 5) is 26.5. The first-order valence-corrected chi connectivity index (χ1v) is 11.1. The molecule has 178 valence electrons. The van der Waals surface area contributed by atoms with Crippen molar-refractivity contribution >= 4 is 11.9 Å². The van der Waals surface area contributed by atoms with Crippen molar-refractivity contribution in [3.05, 3.63) is 23.3 Å². The van der Waals surface area contributed by atoms with Gasteiger partial charge in [0, 0.05) is 36.6 Å². The molecule has 0 aromatic heterocycles. The highest BCUT2D eigenvalue weighted by Gasteiger charge is 2.42.